The molecule has 1 N–H and O–H groups in total. The molecule has 35 heavy (non-hydrogen) atoms. The average molecular weight is 598 g/mol. The molecule has 3 aromatic rings. The van der Waals surface area contributed by atoms with E-state index in [1.807, 2.05) is 55.5 Å². The van der Waals surface area contributed by atoms with Gasteiger partial charge in [-0.2, -0.15) is 0 Å². The van der Waals surface area contributed by atoms with Crippen molar-refractivity contribution >= 4 is 51.6 Å². The summed E-state index contributed by atoms with van der Waals surface area (Å²) in [4.78, 5) is 26.3. The largest absolute Gasteiger partial charge is 0.487 e. The van der Waals surface area contributed by atoms with E-state index in [1.165, 1.54) is 7.11 Å². The first-order chi connectivity index (χ1) is 16.9. The molecule has 3 aromatic carbocycles. The first-order valence-electron chi connectivity index (χ1n) is 11.0. The van der Waals surface area contributed by atoms with Gasteiger partial charge in [0.15, 0.2) is 5.78 Å². The molecular weight excluding hydrogens is 577 g/mol. The number of dihydropyridines is 1. The standard InChI is InChI=1S/C28H21ClINO4/c1-15-23(28(33)34-2)24(25-26(31-15)19-5-3-4-6-20(19)27(25)32)17-9-12-22(21(29)13-17)35-14-16-7-10-18(30)11-8-16/h3-13,24,31H,14H2,1-2H3/t24-/m0/s1. The van der Waals surface area contributed by atoms with E-state index in [0.29, 0.717) is 45.3 Å². The maximum Gasteiger partial charge on any atom is 0.336 e. The number of hydrogen-bond donors (Lipinski definition) is 1. The van der Waals surface area contributed by atoms with Gasteiger partial charge in [-0.15, -0.1) is 0 Å². The molecule has 2 aliphatic rings. The zero-order valence-corrected chi connectivity index (χ0v) is 21.9. The number of ether oxygens (including phenoxy) is 2. The molecule has 1 aliphatic heterocycles. The minimum Gasteiger partial charge on any atom is -0.487 e. The van der Waals surface area contributed by atoms with Crippen molar-refractivity contribution in [2.75, 3.05) is 7.11 Å². The highest BCUT2D eigenvalue weighted by Crippen LogP contribution is 2.47. The van der Waals surface area contributed by atoms with Crippen LogP contribution in [0, 0.1) is 3.57 Å². The number of allylic oxidation sites excluding steroid dienone is 2. The Bertz CT molecular complexity index is 1430. The van der Waals surface area contributed by atoms with Crippen molar-refractivity contribution in [1.29, 1.82) is 0 Å². The van der Waals surface area contributed by atoms with E-state index < -0.39 is 11.9 Å². The van der Waals surface area contributed by atoms with E-state index in [4.69, 9.17) is 21.1 Å². The number of Topliss-reactive ketones (excluding diaryl/α,β-unsaturated/α-hetero) is 1. The van der Waals surface area contributed by atoms with Gasteiger partial charge in [0.2, 0.25) is 0 Å². The van der Waals surface area contributed by atoms with Crippen LogP contribution in [-0.2, 0) is 16.1 Å². The van der Waals surface area contributed by atoms with E-state index in [1.54, 1.807) is 18.2 Å². The quantitative estimate of drug-likeness (QED) is 0.278. The molecule has 5 nitrogen and oxygen atoms in total. The van der Waals surface area contributed by atoms with E-state index in [0.717, 1.165) is 20.4 Å². The Hall–Kier alpha value is -3.10. The predicted molar refractivity (Wildman–Crippen MR) is 143 cm³/mol. The summed E-state index contributed by atoms with van der Waals surface area (Å²) in [5.74, 6) is -0.706. The summed E-state index contributed by atoms with van der Waals surface area (Å²) in [6.45, 7) is 2.19. The highest BCUT2D eigenvalue weighted by Gasteiger charge is 2.42. The summed E-state index contributed by atoms with van der Waals surface area (Å²) in [5.41, 5.74) is 5.43. The van der Waals surface area contributed by atoms with Crippen molar-refractivity contribution in [2.24, 2.45) is 0 Å². The van der Waals surface area contributed by atoms with Crippen LogP contribution in [0.15, 0.2) is 83.6 Å². The molecule has 0 bridgehead atoms. The van der Waals surface area contributed by atoms with Gasteiger partial charge in [-0.1, -0.05) is 54.1 Å². The summed E-state index contributed by atoms with van der Waals surface area (Å²) >= 11 is 8.89. The molecule has 7 heteroatoms. The van der Waals surface area contributed by atoms with Crippen LogP contribution < -0.4 is 10.1 Å². The summed E-state index contributed by atoms with van der Waals surface area (Å²) < 4.78 is 12.2. The van der Waals surface area contributed by atoms with Gasteiger partial charge in [-0.3, -0.25) is 4.79 Å². The number of rotatable bonds is 5. The molecular formula is C28H21ClINO4. The van der Waals surface area contributed by atoms with Gasteiger partial charge in [0, 0.05) is 31.9 Å². The second-order valence-electron chi connectivity index (χ2n) is 8.36. The molecule has 0 radical (unpaired) electrons. The van der Waals surface area contributed by atoms with Crippen LogP contribution in [0.2, 0.25) is 5.02 Å². The lowest BCUT2D eigenvalue weighted by molar-refractivity contribution is -0.136. The molecule has 1 atom stereocenters. The highest BCUT2D eigenvalue weighted by molar-refractivity contribution is 14.1. The first kappa shape index (κ1) is 23.6. The van der Waals surface area contributed by atoms with Crippen LogP contribution in [0.1, 0.15) is 39.9 Å². The maximum atomic E-state index is 13.5. The normalized spacial score (nSPS) is 16.6. The molecule has 0 spiro atoms. The van der Waals surface area contributed by atoms with Crippen molar-refractivity contribution < 1.29 is 19.1 Å². The number of hydrogen-bond acceptors (Lipinski definition) is 5. The van der Waals surface area contributed by atoms with Crippen LogP contribution in [0.3, 0.4) is 0 Å². The fourth-order valence-electron chi connectivity index (χ4n) is 4.60. The number of esters is 1. The second-order valence-corrected chi connectivity index (χ2v) is 10.0. The monoisotopic (exact) mass is 597 g/mol. The predicted octanol–water partition coefficient (Wildman–Crippen LogP) is 6.27. The summed E-state index contributed by atoms with van der Waals surface area (Å²) in [6, 6.07) is 20.9. The Labute approximate surface area is 221 Å². The van der Waals surface area contributed by atoms with Crippen LogP contribution >= 0.6 is 34.2 Å². The van der Waals surface area contributed by atoms with Gasteiger partial charge in [-0.05, 0) is 64.9 Å². The fraction of sp³-hybridized carbons (Fsp3) is 0.143. The topological polar surface area (TPSA) is 64.6 Å². The van der Waals surface area contributed by atoms with E-state index >= 15 is 0 Å². The zero-order chi connectivity index (χ0) is 24.7. The lowest BCUT2D eigenvalue weighted by Crippen LogP contribution is -2.29. The van der Waals surface area contributed by atoms with Crippen LogP contribution in [0.4, 0.5) is 0 Å². The summed E-state index contributed by atoms with van der Waals surface area (Å²) in [6.07, 6.45) is 0. The summed E-state index contributed by atoms with van der Waals surface area (Å²) in [7, 11) is 1.34. The van der Waals surface area contributed by atoms with E-state index in [9.17, 15) is 9.59 Å². The molecule has 5 rings (SSSR count). The number of fused-ring (bicyclic) bond motifs is 2. The Kier molecular flexibility index (Phi) is 6.42. The molecule has 1 aliphatic carbocycles. The summed E-state index contributed by atoms with van der Waals surface area (Å²) in [5, 5.41) is 3.68. The maximum absolute atomic E-state index is 13.5. The van der Waals surface area contributed by atoms with Gasteiger partial charge < -0.3 is 14.8 Å². The number of methoxy groups -OCH3 is 1. The first-order valence-corrected chi connectivity index (χ1v) is 12.5. The molecule has 1 heterocycles. The number of benzene rings is 3. The van der Waals surface area contributed by atoms with Gasteiger partial charge in [0.25, 0.3) is 0 Å². The third-order valence-corrected chi connectivity index (χ3v) is 7.27. The Morgan fingerprint density at radius 1 is 1.06 bits per heavy atom. The number of carbonyl (C=O) groups is 2. The van der Waals surface area contributed by atoms with Crippen LogP contribution in [0.25, 0.3) is 5.70 Å². The third kappa shape index (κ3) is 4.25. The molecule has 176 valence electrons. The SMILES string of the molecule is COC(=O)C1=C(C)NC2=C(C(=O)c3ccccc32)[C@H]1c1ccc(OCc2ccc(I)cc2)c(Cl)c1. The number of halogens is 2. The van der Waals surface area contributed by atoms with Crippen LogP contribution in [0.5, 0.6) is 5.75 Å². The minimum absolute atomic E-state index is 0.114. The molecule has 0 fully saturated rings. The van der Waals surface area contributed by atoms with Crippen LogP contribution in [-0.4, -0.2) is 18.9 Å². The number of nitrogens with one attached hydrogen (secondary N) is 1. The van der Waals surface area contributed by atoms with Gasteiger partial charge in [0.05, 0.1) is 23.4 Å². The second kappa shape index (κ2) is 9.51. The van der Waals surface area contributed by atoms with E-state index in [2.05, 4.69) is 27.9 Å². The average Bonchev–Trinajstić information content (AvgIpc) is 3.14. The van der Waals surface area contributed by atoms with Gasteiger partial charge >= 0.3 is 5.97 Å². The van der Waals surface area contributed by atoms with Crippen molar-refractivity contribution in [3.63, 3.8) is 0 Å². The van der Waals surface area contributed by atoms with E-state index in [-0.39, 0.29) is 5.78 Å². The molecule has 0 aromatic heterocycles. The molecule has 0 unspecified atom stereocenters. The number of carbonyl (C=O) groups excluding carboxylic acids is 2. The molecule has 0 saturated heterocycles. The van der Waals surface area contributed by atoms with Gasteiger partial charge in [-0.25, -0.2) is 4.79 Å². The highest BCUT2D eigenvalue weighted by atomic mass is 127. The van der Waals surface area contributed by atoms with Crippen molar-refractivity contribution in [2.45, 2.75) is 19.4 Å². The Balaban J connectivity index is 1.53. The number of ketones is 1. The van der Waals surface area contributed by atoms with Crippen molar-refractivity contribution in [3.8, 4) is 5.75 Å². The zero-order valence-electron chi connectivity index (χ0n) is 19.0. The van der Waals surface area contributed by atoms with Crippen molar-refractivity contribution in [3.05, 3.63) is 114 Å². The minimum atomic E-state index is -0.624. The lowest BCUT2D eigenvalue weighted by Gasteiger charge is -2.29. The molecule has 0 saturated carbocycles. The third-order valence-electron chi connectivity index (χ3n) is 6.25. The molecule has 0 amide bonds. The van der Waals surface area contributed by atoms with Crippen molar-refractivity contribution in [1.82, 2.24) is 5.32 Å². The lowest BCUT2D eigenvalue weighted by atomic mass is 9.80. The smallest absolute Gasteiger partial charge is 0.336 e. The fourth-order valence-corrected chi connectivity index (χ4v) is 5.20. The Morgan fingerprint density at radius 3 is 2.46 bits per heavy atom. The Morgan fingerprint density at radius 2 is 1.77 bits per heavy atom. The van der Waals surface area contributed by atoms with Gasteiger partial charge in [0.1, 0.15) is 12.4 Å².